The first kappa shape index (κ1) is 19.8. The van der Waals surface area contributed by atoms with E-state index in [2.05, 4.69) is 5.43 Å². The van der Waals surface area contributed by atoms with Gasteiger partial charge in [0.05, 0.1) is 19.1 Å². The smallest absolute Gasteiger partial charge is 0.285 e. The SMILES string of the molecule is COc1ccc(OC)c(C=C2SC(=S)N(NC(=O)c3ccc(F)cc3)C2=O)c1. The summed E-state index contributed by atoms with van der Waals surface area (Å²) in [5.74, 6) is -0.349. The monoisotopic (exact) mass is 418 g/mol. The van der Waals surface area contributed by atoms with Gasteiger partial charge in [-0.05, 0) is 60.8 Å². The minimum Gasteiger partial charge on any atom is -0.497 e. The van der Waals surface area contributed by atoms with Gasteiger partial charge in [0.1, 0.15) is 17.3 Å². The molecule has 0 bridgehead atoms. The van der Waals surface area contributed by atoms with Crippen molar-refractivity contribution in [2.75, 3.05) is 14.2 Å². The first-order chi connectivity index (χ1) is 13.4. The average molecular weight is 418 g/mol. The third-order valence-electron chi connectivity index (χ3n) is 3.84. The van der Waals surface area contributed by atoms with Crippen LogP contribution < -0.4 is 14.9 Å². The van der Waals surface area contributed by atoms with Gasteiger partial charge in [0.25, 0.3) is 11.8 Å². The van der Waals surface area contributed by atoms with E-state index in [4.69, 9.17) is 21.7 Å². The lowest BCUT2D eigenvalue weighted by Crippen LogP contribution is -2.44. The minimum atomic E-state index is -0.573. The van der Waals surface area contributed by atoms with Crippen molar-refractivity contribution in [3.63, 3.8) is 0 Å². The Morgan fingerprint density at radius 3 is 2.54 bits per heavy atom. The van der Waals surface area contributed by atoms with Crippen molar-refractivity contribution in [1.82, 2.24) is 10.4 Å². The molecule has 0 unspecified atom stereocenters. The van der Waals surface area contributed by atoms with Crippen LogP contribution in [-0.4, -0.2) is 35.4 Å². The van der Waals surface area contributed by atoms with Crippen molar-refractivity contribution in [3.05, 3.63) is 64.3 Å². The van der Waals surface area contributed by atoms with Crippen molar-refractivity contribution in [2.45, 2.75) is 0 Å². The second-order valence-electron chi connectivity index (χ2n) is 5.57. The fraction of sp³-hybridized carbons (Fsp3) is 0.105. The number of carbonyl (C=O) groups is 2. The number of hydrogen-bond donors (Lipinski definition) is 1. The van der Waals surface area contributed by atoms with Gasteiger partial charge in [-0.25, -0.2) is 4.39 Å². The van der Waals surface area contributed by atoms with E-state index in [1.165, 1.54) is 26.4 Å². The number of halogens is 1. The molecule has 0 aliphatic carbocycles. The van der Waals surface area contributed by atoms with Gasteiger partial charge in [0.2, 0.25) is 0 Å². The van der Waals surface area contributed by atoms with Crippen LogP contribution in [0.3, 0.4) is 0 Å². The predicted molar refractivity (Wildman–Crippen MR) is 108 cm³/mol. The number of hydrazine groups is 1. The van der Waals surface area contributed by atoms with Gasteiger partial charge in [-0.2, -0.15) is 5.01 Å². The molecule has 1 aliphatic heterocycles. The van der Waals surface area contributed by atoms with E-state index in [0.717, 1.165) is 28.9 Å². The molecule has 1 N–H and O–H groups in total. The molecule has 1 saturated heterocycles. The predicted octanol–water partition coefficient (Wildman–Crippen LogP) is 3.39. The van der Waals surface area contributed by atoms with Crippen LogP contribution in [0.25, 0.3) is 6.08 Å². The number of amides is 2. The van der Waals surface area contributed by atoms with E-state index in [-0.39, 0.29) is 9.88 Å². The van der Waals surface area contributed by atoms with E-state index in [1.54, 1.807) is 24.3 Å². The number of thioether (sulfide) groups is 1. The third kappa shape index (κ3) is 4.15. The number of nitrogens with zero attached hydrogens (tertiary/aromatic N) is 1. The second-order valence-corrected chi connectivity index (χ2v) is 7.25. The number of ether oxygens (including phenoxy) is 2. The molecule has 0 radical (unpaired) electrons. The van der Waals surface area contributed by atoms with E-state index in [0.29, 0.717) is 22.0 Å². The molecule has 9 heteroatoms. The van der Waals surface area contributed by atoms with Crippen LogP contribution in [0, 0.1) is 5.82 Å². The molecule has 2 amide bonds. The highest BCUT2D eigenvalue weighted by Crippen LogP contribution is 2.34. The van der Waals surface area contributed by atoms with Gasteiger partial charge < -0.3 is 9.47 Å². The molecule has 28 heavy (non-hydrogen) atoms. The number of hydrogen-bond acceptors (Lipinski definition) is 6. The molecule has 2 aromatic rings. The average Bonchev–Trinajstić information content (AvgIpc) is 2.95. The number of carbonyl (C=O) groups excluding carboxylic acids is 2. The first-order valence-electron chi connectivity index (χ1n) is 7.99. The quantitative estimate of drug-likeness (QED) is 0.593. The fourth-order valence-electron chi connectivity index (χ4n) is 2.42. The summed E-state index contributed by atoms with van der Waals surface area (Å²) in [5.41, 5.74) is 3.28. The summed E-state index contributed by atoms with van der Waals surface area (Å²) in [6.07, 6.45) is 1.62. The van der Waals surface area contributed by atoms with Crippen LogP contribution in [0.1, 0.15) is 15.9 Å². The summed E-state index contributed by atoms with van der Waals surface area (Å²) in [4.78, 5) is 25.3. The van der Waals surface area contributed by atoms with Gasteiger partial charge >= 0.3 is 0 Å². The maximum Gasteiger partial charge on any atom is 0.285 e. The van der Waals surface area contributed by atoms with Gasteiger partial charge in [-0.15, -0.1) is 0 Å². The summed E-state index contributed by atoms with van der Waals surface area (Å²) in [6.45, 7) is 0. The standard InChI is InChI=1S/C19H15FN2O4S2/c1-25-14-7-8-15(26-2)12(9-14)10-16-18(24)22(19(27)28-16)21-17(23)11-3-5-13(20)6-4-11/h3-10H,1-2H3,(H,21,23). The Balaban J connectivity index is 1.82. The highest BCUT2D eigenvalue weighted by Gasteiger charge is 2.34. The molecule has 6 nitrogen and oxygen atoms in total. The summed E-state index contributed by atoms with van der Waals surface area (Å²) < 4.78 is 23.7. The van der Waals surface area contributed by atoms with E-state index < -0.39 is 17.6 Å². The summed E-state index contributed by atoms with van der Waals surface area (Å²) in [7, 11) is 3.06. The highest BCUT2D eigenvalue weighted by molar-refractivity contribution is 8.26. The fourth-order valence-corrected chi connectivity index (χ4v) is 3.60. The molecule has 3 rings (SSSR count). The Hall–Kier alpha value is -2.91. The molecule has 0 atom stereocenters. The molecule has 1 aliphatic rings. The maximum atomic E-state index is 13.0. The van der Waals surface area contributed by atoms with Crippen molar-refractivity contribution < 1.29 is 23.5 Å². The van der Waals surface area contributed by atoms with Crippen molar-refractivity contribution >= 4 is 46.2 Å². The van der Waals surface area contributed by atoms with Gasteiger partial charge in [-0.3, -0.25) is 15.0 Å². The van der Waals surface area contributed by atoms with Crippen molar-refractivity contribution in [1.29, 1.82) is 0 Å². The molecule has 0 saturated carbocycles. The summed E-state index contributed by atoms with van der Waals surface area (Å²) in [6, 6.07) is 10.1. The van der Waals surface area contributed by atoms with Crippen LogP contribution in [0.15, 0.2) is 47.4 Å². The van der Waals surface area contributed by atoms with E-state index in [9.17, 15) is 14.0 Å². The lowest BCUT2D eigenvalue weighted by molar-refractivity contribution is -0.123. The molecule has 0 aromatic heterocycles. The molecular weight excluding hydrogens is 403 g/mol. The minimum absolute atomic E-state index is 0.175. The third-order valence-corrected chi connectivity index (χ3v) is 5.14. The molecule has 1 heterocycles. The zero-order valence-electron chi connectivity index (χ0n) is 14.9. The van der Waals surface area contributed by atoms with Gasteiger partial charge in [0.15, 0.2) is 4.32 Å². The molecule has 0 spiro atoms. The zero-order chi connectivity index (χ0) is 20.3. The number of nitrogens with one attached hydrogen (secondary N) is 1. The Bertz CT molecular complexity index is 976. The highest BCUT2D eigenvalue weighted by atomic mass is 32.2. The Kier molecular flexibility index (Phi) is 5.96. The van der Waals surface area contributed by atoms with Crippen LogP contribution in [0.4, 0.5) is 4.39 Å². The van der Waals surface area contributed by atoms with Crippen molar-refractivity contribution in [3.8, 4) is 11.5 Å². The van der Waals surface area contributed by atoms with Crippen LogP contribution in [0.2, 0.25) is 0 Å². The number of benzene rings is 2. The topological polar surface area (TPSA) is 67.9 Å². The Labute approximate surface area is 170 Å². The number of methoxy groups -OCH3 is 2. The van der Waals surface area contributed by atoms with Crippen LogP contribution >= 0.6 is 24.0 Å². The molecular formula is C19H15FN2O4S2. The Morgan fingerprint density at radius 2 is 1.89 bits per heavy atom. The van der Waals surface area contributed by atoms with E-state index >= 15 is 0 Å². The normalized spacial score (nSPS) is 15.1. The van der Waals surface area contributed by atoms with Gasteiger partial charge in [0, 0.05) is 11.1 Å². The largest absolute Gasteiger partial charge is 0.497 e. The molecule has 2 aromatic carbocycles. The summed E-state index contributed by atoms with van der Waals surface area (Å²) in [5, 5.41) is 0.990. The lowest BCUT2D eigenvalue weighted by Gasteiger charge is -2.15. The Morgan fingerprint density at radius 1 is 1.18 bits per heavy atom. The zero-order valence-corrected chi connectivity index (χ0v) is 16.5. The van der Waals surface area contributed by atoms with Crippen molar-refractivity contribution in [2.24, 2.45) is 0 Å². The molecule has 144 valence electrons. The molecule has 1 fully saturated rings. The van der Waals surface area contributed by atoms with Gasteiger partial charge in [-0.1, -0.05) is 11.8 Å². The van der Waals surface area contributed by atoms with E-state index in [1.807, 2.05) is 0 Å². The maximum absolute atomic E-state index is 13.0. The summed E-state index contributed by atoms with van der Waals surface area (Å²) >= 11 is 6.25. The van der Waals surface area contributed by atoms with Crippen LogP contribution in [-0.2, 0) is 4.79 Å². The second kappa shape index (κ2) is 8.41. The number of thiocarbonyl (C=S) groups is 1. The first-order valence-corrected chi connectivity index (χ1v) is 9.22. The number of rotatable bonds is 5. The lowest BCUT2D eigenvalue weighted by atomic mass is 10.1. The van der Waals surface area contributed by atoms with Crippen LogP contribution in [0.5, 0.6) is 11.5 Å².